The van der Waals surface area contributed by atoms with Crippen molar-refractivity contribution in [2.24, 2.45) is 0 Å². The zero-order chi connectivity index (χ0) is 25.7. The Hall–Kier alpha value is -4.40. The van der Waals surface area contributed by atoms with E-state index in [1.165, 1.54) is 12.1 Å². The summed E-state index contributed by atoms with van der Waals surface area (Å²) in [5.74, 6) is -0.306. The van der Waals surface area contributed by atoms with Gasteiger partial charge in [0.25, 0.3) is 0 Å². The molecule has 0 fully saturated rings. The Morgan fingerprint density at radius 2 is 0.944 bits per heavy atom. The maximum Gasteiger partial charge on any atom is 0.198 e. The van der Waals surface area contributed by atoms with Crippen LogP contribution in [-0.4, -0.2) is 11.6 Å². The summed E-state index contributed by atoms with van der Waals surface area (Å²) >= 11 is 12.0. The van der Waals surface area contributed by atoms with Crippen LogP contribution in [0.4, 0.5) is 22.7 Å². The molecule has 4 aromatic carbocycles. The Morgan fingerprint density at radius 3 is 1.31 bits per heavy atom. The van der Waals surface area contributed by atoms with Crippen LogP contribution >= 0.6 is 23.2 Å². The van der Waals surface area contributed by atoms with Crippen LogP contribution in [0.2, 0.25) is 10.0 Å². The molecule has 0 amide bonds. The summed E-state index contributed by atoms with van der Waals surface area (Å²) in [6.07, 6.45) is 0. The van der Waals surface area contributed by atoms with Gasteiger partial charge in [-0.1, -0.05) is 35.3 Å². The van der Waals surface area contributed by atoms with E-state index in [2.05, 4.69) is 0 Å². The van der Waals surface area contributed by atoms with Gasteiger partial charge in [0, 0.05) is 33.6 Å². The van der Waals surface area contributed by atoms with E-state index in [0.29, 0.717) is 21.5 Å². The fraction of sp³-hybridized carbons (Fsp3) is 0. The topological polar surface area (TPSA) is 157 Å². The Morgan fingerprint density at radius 1 is 0.556 bits per heavy atom. The first-order valence-electron chi connectivity index (χ1n) is 10.6. The molecule has 10 heteroatoms. The number of hydrogen-bond acceptors (Lipinski definition) is 8. The highest BCUT2D eigenvalue weighted by Gasteiger charge is 2.38. The van der Waals surface area contributed by atoms with Crippen LogP contribution in [0.1, 0.15) is 31.8 Å². The molecule has 1 aliphatic rings. The largest absolute Gasteiger partial charge is 0.455 e. The van der Waals surface area contributed by atoms with E-state index in [9.17, 15) is 9.59 Å². The highest BCUT2D eigenvalue weighted by Crippen LogP contribution is 2.46. The fourth-order valence-corrected chi connectivity index (χ4v) is 4.44. The third-order valence-electron chi connectivity index (χ3n) is 5.68. The van der Waals surface area contributed by atoms with Crippen LogP contribution in [0, 0.1) is 0 Å². The molecule has 1 aliphatic carbocycles. The van der Waals surface area contributed by atoms with Gasteiger partial charge in [-0.25, -0.2) is 0 Å². The number of carbonyl (C=O) groups is 2. The van der Waals surface area contributed by atoms with Crippen molar-refractivity contribution in [2.45, 2.75) is 0 Å². The van der Waals surface area contributed by atoms with Gasteiger partial charge in [0.1, 0.15) is 11.5 Å². The first-order valence-corrected chi connectivity index (χ1v) is 11.3. The number of rotatable bonds is 4. The van der Waals surface area contributed by atoms with Crippen molar-refractivity contribution in [3.8, 4) is 23.0 Å². The third-order valence-corrected chi connectivity index (χ3v) is 6.15. The molecule has 8 nitrogen and oxygen atoms in total. The van der Waals surface area contributed by atoms with Crippen molar-refractivity contribution in [2.75, 3.05) is 22.9 Å². The van der Waals surface area contributed by atoms with E-state index in [0.717, 1.165) is 0 Å². The molecule has 0 bridgehead atoms. The Bertz CT molecular complexity index is 1480. The number of fused-ring (bicyclic) bond motifs is 2. The summed E-state index contributed by atoms with van der Waals surface area (Å²) in [6.45, 7) is 0. The molecule has 4 aromatic rings. The van der Waals surface area contributed by atoms with E-state index in [-0.39, 0.29) is 56.5 Å². The highest BCUT2D eigenvalue weighted by atomic mass is 35.5. The first kappa shape index (κ1) is 23.3. The number of nitrogens with two attached hydrogens (primary N) is 4. The maximum absolute atomic E-state index is 13.6. The van der Waals surface area contributed by atoms with Gasteiger partial charge >= 0.3 is 0 Å². The second kappa shape index (κ2) is 8.67. The normalized spacial score (nSPS) is 12.2. The molecule has 36 heavy (non-hydrogen) atoms. The molecule has 0 heterocycles. The van der Waals surface area contributed by atoms with Crippen LogP contribution < -0.4 is 32.4 Å². The summed E-state index contributed by atoms with van der Waals surface area (Å²) in [7, 11) is 0. The average Bonchev–Trinajstić information content (AvgIpc) is 2.81. The molecule has 0 saturated heterocycles. The van der Waals surface area contributed by atoms with E-state index in [1.54, 1.807) is 48.5 Å². The summed E-state index contributed by atoms with van der Waals surface area (Å²) in [5, 5.41) is 0.882. The third kappa shape index (κ3) is 3.82. The Balaban J connectivity index is 1.63. The smallest absolute Gasteiger partial charge is 0.198 e. The lowest BCUT2D eigenvalue weighted by Crippen LogP contribution is -2.26. The van der Waals surface area contributed by atoms with Crippen LogP contribution in [0.15, 0.2) is 60.7 Å². The quantitative estimate of drug-likeness (QED) is 0.220. The van der Waals surface area contributed by atoms with Gasteiger partial charge in [0.15, 0.2) is 23.1 Å². The lowest BCUT2D eigenvalue weighted by atomic mass is 9.80. The van der Waals surface area contributed by atoms with Crippen molar-refractivity contribution in [3.63, 3.8) is 0 Å². The number of carbonyl (C=O) groups excluding carboxylic acids is 2. The first-order chi connectivity index (χ1) is 17.2. The molecular weight excluding hydrogens is 503 g/mol. The zero-order valence-electron chi connectivity index (χ0n) is 18.5. The molecule has 0 radical (unpaired) electrons. The van der Waals surface area contributed by atoms with Crippen molar-refractivity contribution in [1.82, 2.24) is 0 Å². The van der Waals surface area contributed by atoms with Crippen molar-refractivity contribution < 1.29 is 19.1 Å². The standard InChI is InChI=1S/C26H18Cl2N4O4/c27-11-3-1-5-13(7-11)35-17-9-15(29)19-21(23(17)31)25(33)20-16(30)10-18(24(32)22(20)26(19)34)36-14-6-2-4-12(28)8-14/h1-10H,29-32H2. The highest BCUT2D eigenvalue weighted by molar-refractivity contribution is 6.35. The number of benzene rings is 4. The molecule has 0 saturated carbocycles. The number of ketones is 2. The second-order valence-corrected chi connectivity index (χ2v) is 8.91. The molecule has 5 rings (SSSR count). The minimum absolute atomic E-state index is 0.0145. The minimum atomic E-state index is -0.612. The predicted octanol–water partition coefficient (Wildman–Crippen LogP) is 5.68. The van der Waals surface area contributed by atoms with E-state index >= 15 is 0 Å². The van der Waals surface area contributed by atoms with Gasteiger partial charge in [-0.15, -0.1) is 0 Å². The molecule has 0 atom stereocenters. The van der Waals surface area contributed by atoms with Crippen LogP contribution in [-0.2, 0) is 0 Å². The van der Waals surface area contributed by atoms with Crippen LogP contribution in [0.25, 0.3) is 0 Å². The van der Waals surface area contributed by atoms with E-state index in [1.807, 2.05) is 0 Å². The Labute approximate surface area is 215 Å². The molecule has 0 aromatic heterocycles. The maximum atomic E-state index is 13.6. The van der Waals surface area contributed by atoms with Gasteiger partial charge in [0.2, 0.25) is 0 Å². The summed E-state index contributed by atoms with van der Waals surface area (Å²) in [6, 6.07) is 15.9. The average molecular weight is 521 g/mol. The number of nitrogen functional groups attached to an aromatic ring is 4. The lowest BCUT2D eigenvalue weighted by molar-refractivity contribution is 0.0981. The van der Waals surface area contributed by atoms with Gasteiger partial charge in [-0.05, 0) is 36.4 Å². The van der Waals surface area contributed by atoms with Gasteiger partial charge in [0.05, 0.1) is 33.6 Å². The van der Waals surface area contributed by atoms with Gasteiger partial charge in [-0.3, -0.25) is 9.59 Å². The predicted molar refractivity (Wildman–Crippen MR) is 140 cm³/mol. The van der Waals surface area contributed by atoms with Crippen molar-refractivity contribution in [3.05, 3.63) is 93.0 Å². The molecule has 0 aliphatic heterocycles. The van der Waals surface area contributed by atoms with Crippen molar-refractivity contribution in [1.29, 1.82) is 0 Å². The summed E-state index contributed by atoms with van der Waals surface area (Å²) in [4.78, 5) is 27.2. The van der Waals surface area contributed by atoms with Crippen molar-refractivity contribution >= 4 is 57.5 Å². The number of halogens is 2. The van der Waals surface area contributed by atoms with Gasteiger partial charge < -0.3 is 32.4 Å². The number of ether oxygens (including phenoxy) is 2. The van der Waals surface area contributed by atoms with Gasteiger partial charge in [-0.2, -0.15) is 0 Å². The Kier molecular flexibility index (Phi) is 5.62. The van der Waals surface area contributed by atoms with E-state index < -0.39 is 11.6 Å². The van der Waals surface area contributed by atoms with Crippen LogP contribution in [0.5, 0.6) is 23.0 Å². The number of anilines is 4. The molecule has 0 spiro atoms. The molecule has 180 valence electrons. The number of hydrogen-bond donors (Lipinski definition) is 4. The molecular formula is C26H18Cl2N4O4. The zero-order valence-corrected chi connectivity index (χ0v) is 20.0. The SMILES string of the molecule is Nc1cc(Oc2cccc(Cl)c2)c(N)c2c1C(=O)c1c(N)c(Oc3cccc(Cl)c3)cc(N)c1C2=O. The minimum Gasteiger partial charge on any atom is -0.455 e. The second-order valence-electron chi connectivity index (χ2n) is 8.03. The monoisotopic (exact) mass is 520 g/mol. The fourth-order valence-electron chi connectivity index (χ4n) is 4.08. The summed E-state index contributed by atoms with van der Waals surface area (Å²) in [5.41, 5.74) is 24.5. The molecule has 0 unspecified atom stereocenters. The van der Waals surface area contributed by atoms with E-state index in [4.69, 9.17) is 55.6 Å². The lowest BCUT2D eigenvalue weighted by Gasteiger charge is -2.25. The van der Waals surface area contributed by atoms with Crippen LogP contribution in [0.3, 0.4) is 0 Å². The molecule has 8 N–H and O–H groups in total. The summed E-state index contributed by atoms with van der Waals surface area (Å²) < 4.78 is 11.6.